The van der Waals surface area contributed by atoms with Crippen LogP contribution in [0.2, 0.25) is 0 Å². The molecule has 1 heterocycles. The molecule has 1 N–H and O–H groups in total. The molecule has 3 heteroatoms. The first kappa shape index (κ1) is 35.4. The number of hydrogen-bond donors (Lipinski definition) is 1. The molecule has 0 amide bonds. The Morgan fingerprint density at radius 3 is 1.89 bits per heavy atom. The average molecular weight is 736 g/mol. The fourth-order valence-corrected chi connectivity index (χ4v) is 9.54. The molecule has 57 heavy (non-hydrogen) atoms. The second-order valence-electron chi connectivity index (χ2n) is 17.7. The van der Waals surface area contributed by atoms with Crippen LogP contribution in [0, 0.1) is 13.8 Å². The predicted octanol–water partition coefficient (Wildman–Crippen LogP) is 13.5. The SMILES string of the molecule is Cc1cc(-c2ccc3ccccc3c2Nc2ccc(-c3ccccc3)cc2)c2c(c1)N(c1cc3c(cc1C)C(C)(C)CCC3(C)C)c1cc3ccccc3cc1[B]2. The second kappa shape index (κ2) is 13.3. The lowest BCUT2D eigenvalue weighted by atomic mass is 9.57. The zero-order valence-corrected chi connectivity index (χ0v) is 33.9. The number of nitrogens with zero attached hydrogens (tertiary/aromatic N) is 1. The second-order valence-corrected chi connectivity index (χ2v) is 17.7. The van der Waals surface area contributed by atoms with Gasteiger partial charge in [0.1, 0.15) is 0 Å². The van der Waals surface area contributed by atoms with E-state index in [0.29, 0.717) is 0 Å². The number of fused-ring (bicyclic) bond motifs is 5. The highest BCUT2D eigenvalue weighted by Crippen LogP contribution is 2.50. The largest absolute Gasteiger partial charge is 0.355 e. The van der Waals surface area contributed by atoms with Crippen molar-refractivity contribution in [2.45, 2.75) is 65.2 Å². The summed E-state index contributed by atoms with van der Waals surface area (Å²) in [5.41, 5.74) is 18.9. The van der Waals surface area contributed by atoms with Crippen molar-refractivity contribution in [1.82, 2.24) is 0 Å². The maximum Gasteiger partial charge on any atom is 0.197 e. The Bertz CT molecular complexity index is 2870. The summed E-state index contributed by atoms with van der Waals surface area (Å²) in [4.78, 5) is 2.58. The van der Waals surface area contributed by atoms with Gasteiger partial charge in [-0.15, -0.1) is 0 Å². The molecule has 10 rings (SSSR count). The van der Waals surface area contributed by atoms with Gasteiger partial charge in [-0.2, -0.15) is 0 Å². The Labute approximate surface area is 338 Å². The molecule has 0 bridgehead atoms. The van der Waals surface area contributed by atoms with Crippen LogP contribution in [-0.2, 0) is 10.8 Å². The van der Waals surface area contributed by atoms with E-state index in [0.717, 1.165) is 11.4 Å². The van der Waals surface area contributed by atoms with Gasteiger partial charge in [0.05, 0.1) is 5.69 Å². The minimum atomic E-state index is 0.0903. The third-order valence-electron chi connectivity index (χ3n) is 12.9. The molecule has 0 aromatic heterocycles. The smallest absolute Gasteiger partial charge is 0.197 e. The van der Waals surface area contributed by atoms with Gasteiger partial charge in [-0.1, -0.05) is 154 Å². The average Bonchev–Trinajstić information content (AvgIpc) is 3.22. The summed E-state index contributed by atoms with van der Waals surface area (Å²) < 4.78 is 0. The molecular formula is C54H48BN2. The molecule has 277 valence electrons. The maximum atomic E-state index is 3.94. The number of benzene rings is 8. The van der Waals surface area contributed by atoms with E-state index in [1.54, 1.807) is 0 Å². The standard InChI is InChI=1S/C54H48BN2/c1-34-28-44(43-25-22-38-16-12-13-19-42(38)52(43)56-41-23-20-37(21-24-41)36-14-8-7-9-15-36)51-50(29-34)57(49-32-40-18-11-10-17-39(40)31-47(49)55-51)48-33-46-45(30-35(48)2)53(3,4)26-27-54(46,5)6/h7-25,28-33,56H,26-27H2,1-6H3. The highest BCUT2D eigenvalue weighted by Gasteiger charge is 2.39. The summed E-state index contributed by atoms with van der Waals surface area (Å²) in [5, 5.41) is 8.85. The van der Waals surface area contributed by atoms with Crippen molar-refractivity contribution in [1.29, 1.82) is 0 Å². The van der Waals surface area contributed by atoms with E-state index in [-0.39, 0.29) is 10.8 Å². The van der Waals surface area contributed by atoms with Gasteiger partial charge < -0.3 is 10.2 Å². The summed E-state index contributed by atoms with van der Waals surface area (Å²) in [6.07, 6.45) is 2.38. The minimum absolute atomic E-state index is 0.0903. The van der Waals surface area contributed by atoms with Crippen LogP contribution in [-0.4, -0.2) is 7.28 Å². The molecule has 8 aromatic carbocycles. The normalized spacial score (nSPS) is 15.1. The first-order valence-corrected chi connectivity index (χ1v) is 20.5. The molecule has 0 saturated heterocycles. The first-order valence-electron chi connectivity index (χ1n) is 20.5. The summed E-state index contributed by atoms with van der Waals surface area (Å²) in [6.45, 7) is 14.3. The van der Waals surface area contributed by atoms with Crippen molar-refractivity contribution in [3.8, 4) is 22.3 Å². The van der Waals surface area contributed by atoms with Crippen molar-refractivity contribution < 1.29 is 0 Å². The zero-order valence-electron chi connectivity index (χ0n) is 33.9. The van der Waals surface area contributed by atoms with Crippen molar-refractivity contribution in [2.75, 3.05) is 10.2 Å². The highest BCUT2D eigenvalue weighted by atomic mass is 15.2. The zero-order chi connectivity index (χ0) is 39.1. The molecule has 2 nitrogen and oxygen atoms in total. The van der Waals surface area contributed by atoms with E-state index in [9.17, 15) is 0 Å². The van der Waals surface area contributed by atoms with Gasteiger partial charge in [0.25, 0.3) is 0 Å². The molecular weight excluding hydrogens is 687 g/mol. The lowest BCUT2D eigenvalue weighted by molar-refractivity contribution is 0.332. The third-order valence-corrected chi connectivity index (χ3v) is 12.9. The number of aryl methyl sites for hydroxylation is 2. The third kappa shape index (κ3) is 6.03. The number of nitrogens with one attached hydrogen (secondary N) is 1. The number of hydrogen-bond acceptors (Lipinski definition) is 2. The molecule has 2 aliphatic rings. The first-order chi connectivity index (χ1) is 27.5. The van der Waals surface area contributed by atoms with Crippen LogP contribution in [0.1, 0.15) is 62.8 Å². The van der Waals surface area contributed by atoms with Gasteiger partial charge in [-0.3, -0.25) is 0 Å². The summed E-state index contributed by atoms with van der Waals surface area (Å²) in [6, 6.07) is 56.2. The van der Waals surface area contributed by atoms with Crippen LogP contribution in [0.15, 0.2) is 152 Å². The van der Waals surface area contributed by atoms with Crippen LogP contribution < -0.4 is 21.1 Å². The van der Waals surface area contributed by atoms with E-state index >= 15 is 0 Å². The lowest BCUT2D eigenvalue weighted by Crippen LogP contribution is -2.41. The topological polar surface area (TPSA) is 15.3 Å². The maximum absolute atomic E-state index is 3.94. The number of rotatable bonds is 5. The molecule has 8 aromatic rings. The van der Waals surface area contributed by atoms with E-state index < -0.39 is 0 Å². The Morgan fingerprint density at radius 2 is 1.16 bits per heavy atom. The van der Waals surface area contributed by atoms with Gasteiger partial charge in [-0.25, -0.2) is 0 Å². The lowest BCUT2D eigenvalue weighted by Gasteiger charge is -2.44. The van der Waals surface area contributed by atoms with Gasteiger partial charge in [0.15, 0.2) is 7.28 Å². The number of anilines is 5. The predicted molar refractivity (Wildman–Crippen MR) is 247 cm³/mol. The van der Waals surface area contributed by atoms with Crippen LogP contribution in [0.3, 0.4) is 0 Å². The Morgan fingerprint density at radius 1 is 0.526 bits per heavy atom. The molecule has 1 aliphatic heterocycles. The molecule has 1 aliphatic carbocycles. The monoisotopic (exact) mass is 735 g/mol. The fourth-order valence-electron chi connectivity index (χ4n) is 9.54. The molecule has 0 atom stereocenters. The molecule has 0 spiro atoms. The fraction of sp³-hybridized carbons (Fsp3) is 0.185. The summed E-state index contributed by atoms with van der Waals surface area (Å²) >= 11 is 0. The molecule has 0 unspecified atom stereocenters. The van der Waals surface area contributed by atoms with Crippen molar-refractivity contribution in [3.05, 3.63) is 174 Å². The Balaban J connectivity index is 1.19. The minimum Gasteiger partial charge on any atom is -0.355 e. The van der Waals surface area contributed by atoms with Crippen LogP contribution in [0.4, 0.5) is 28.4 Å². The quantitative estimate of drug-likeness (QED) is 0.177. The van der Waals surface area contributed by atoms with Crippen molar-refractivity contribution in [3.63, 3.8) is 0 Å². The van der Waals surface area contributed by atoms with Crippen LogP contribution >= 0.6 is 0 Å². The summed E-state index contributed by atoms with van der Waals surface area (Å²) in [5.74, 6) is 0. The van der Waals surface area contributed by atoms with Crippen LogP contribution in [0.5, 0.6) is 0 Å². The Kier molecular flexibility index (Phi) is 8.24. The van der Waals surface area contributed by atoms with Gasteiger partial charge in [-0.05, 0) is 128 Å². The molecule has 0 saturated carbocycles. The molecule has 0 fully saturated rings. The highest BCUT2D eigenvalue weighted by molar-refractivity contribution is 6.73. The van der Waals surface area contributed by atoms with Gasteiger partial charge >= 0.3 is 0 Å². The van der Waals surface area contributed by atoms with E-state index in [2.05, 4.69) is 211 Å². The van der Waals surface area contributed by atoms with Crippen molar-refractivity contribution >= 4 is 68.2 Å². The van der Waals surface area contributed by atoms with Gasteiger partial charge in [0.2, 0.25) is 0 Å². The van der Waals surface area contributed by atoms with Crippen molar-refractivity contribution in [2.24, 2.45) is 0 Å². The summed E-state index contributed by atoms with van der Waals surface area (Å²) in [7, 11) is 2.44. The Hall–Kier alpha value is -6.06. The van der Waals surface area contributed by atoms with Gasteiger partial charge in [0, 0.05) is 33.7 Å². The van der Waals surface area contributed by atoms with E-state index in [1.165, 1.54) is 107 Å². The van der Waals surface area contributed by atoms with E-state index in [1.807, 2.05) is 0 Å². The van der Waals surface area contributed by atoms with Crippen LogP contribution in [0.25, 0.3) is 43.8 Å². The van der Waals surface area contributed by atoms with E-state index in [4.69, 9.17) is 0 Å². The molecule has 1 radical (unpaired) electrons.